The summed E-state index contributed by atoms with van der Waals surface area (Å²) in [4.78, 5) is 16.3. The highest BCUT2D eigenvalue weighted by molar-refractivity contribution is 5.91. The first-order valence-electron chi connectivity index (χ1n) is 7.37. The monoisotopic (exact) mass is 323 g/mol. The highest BCUT2D eigenvalue weighted by Crippen LogP contribution is 2.26. The van der Waals surface area contributed by atoms with Crippen LogP contribution in [0, 0.1) is 0 Å². The van der Waals surface area contributed by atoms with Gasteiger partial charge in [0, 0.05) is 5.39 Å². The summed E-state index contributed by atoms with van der Waals surface area (Å²) in [6.07, 6.45) is 1.44. The topological polar surface area (TPSA) is 94.3 Å². The molecule has 7 nitrogen and oxygen atoms in total. The molecule has 0 fully saturated rings. The van der Waals surface area contributed by atoms with E-state index in [2.05, 4.69) is 15.5 Å². The molecule has 120 valence electrons. The molecule has 3 heterocycles. The highest BCUT2D eigenvalue weighted by atomic mass is 16.5. The van der Waals surface area contributed by atoms with Crippen molar-refractivity contribution >= 4 is 16.9 Å². The van der Waals surface area contributed by atoms with Gasteiger partial charge in [0.25, 0.3) is 5.91 Å². The van der Waals surface area contributed by atoms with Crippen molar-refractivity contribution in [2.75, 3.05) is 0 Å². The molecule has 1 atom stereocenters. The molecule has 0 aliphatic carbocycles. The largest absolute Gasteiger partial charge is 0.459 e. The molecule has 0 aliphatic rings. The maximum atomic E-state index is 12.0. The summed E-state index contributed by atoms with van der Waals surface area (Å²) < 4.78 is 16.0. The van der Waals surface area contributed by atoms with Crippen LogP contribution < -0.4 is 5.32 Å². The smallest absolute Gasteiger partial charge is 0.287 e. The zero-order valence-corrected chi connectivity index (χ0v) is 12.7. The fourth-order valence-corrected chi connectivity index (χ4v) is 2.34. The van der Waals surface area contributed by atoms with Gasteiger partial charge < -0.3 is 18.7 Å². The van der Waals surface area contributed by atoms with Crippen molar-refractivity contribution < 1.29 is 18.2 Å². The first-order valence-corrected chi connectivity index (χ1v) is 7.37. The van der Waals surface area contributed by atoms with Gasteiger partial charge in [-0.3, -0.25) is 4.79 Å². The van der Waals surface area contributed by atoms with Crippen LogP contribution in [0.25, 0.3) is 22.6 Å². The van der Waals surface area contributed by atoms with Crippen molar-refractivity contribution in [3.63, 3.8) is 0 Å². The zero-order valence-electron chi connectivity index (χ0n) is 12.7. The third kappa shape index (κ3) is 2.56. The summed E-state index contributed by atoms with van der Waals surface area (Å²) >= 11 is 0. The number of nitrogens with one attached hydrogen (secondary N) is 1. The molecule has 0 spiro atoms. The van der Waals surface area contributed by atoms with Crippen LogP contribution >= 0.6 is 0 Å². The molecule has 7 heteroatoms. The van der Waals surface area contributed by atoms with Crippen LogP contribution in [-0.4, -0.2) is 16.0 Å². The van der Waals surface area contributed by atoms with Crippen LogP contribution in [0.4, 0.5) is 0 Å². The van der Waals surface area contributed by atoms with Gasteiger partial charge >= 0.3 is 0 Å². The Hall–Kier alpha value is -3.35. The molecule has 24 heavy (non-hydrogen) atoms. The maximum Gasteiger partial charge on any atom is 0.287 e. The summed E-state index contributed by atoms with van der Waals surface area (Å²) in [5.74, 6) is 0.997. The van der Waals surface area contributed by atoms with Crippen LogP contribution in [0.1, 0.15) is 29.4 Å². The number of hydrogen-bond donors (Lipinski definition) is 1. The summed E-state index contributed by atoms with van der Waals surface area (Å²) in [5, 5.41) is 7.61. The van der Waals surface area contributed by atoms with E-state index in [1.807, 2.05) is 30.3 Å². The molecule has 4 rings (SSSR count). The van der Waals surface area contributed by atoms with Gasteiger partial charge in [0.2, 0.25) is 11.7 Å². The molecule has 0 saturated carbocycles. The van der Waals surface area contributed by atoms with Crippen molar-refractivity contribution in [3.8, 4) is 11.6 Å². The van der Waals surface area contributed by atoms with Gasteiger partial charge in [0.15, 0.2) is 11.5 Å². The fraction of sp³-hybridized carbons (Fsp3) is 0.118. The minimum atomic E-state index is -0.465. The minimum Gasteiger partial charge on any atom is -0.459 e. The molecule has 3 aromatic heterocycles. The van der Waals surface area contributed by atoms with Crippen molar-refractivity contribution in [3.05, 3.63) is 60.4 Å². The molecular formula is C17H13N3O4. The Bertz CT molecular complexity index is 951. The Morgan fingerprint density at radius 2 is 2.08 bits per heavy atom. The van der Waals surface area contributed by atoms with E-state index >= 15 is 0 Å². The third-order valence-electron chi connectivity index (χ3n) is 3.55. The lowest BCUT2D eigenvalue weighted by Gasteiger charge is -2.07. The Labute approximate surface area is 136 Å². The molecule has 1 amide bonds. The Balaban J connectivity index is 1.54. The molecule has 0 saturated heterocycles. The van der Waals surface area contributed by atoms with Crippen molar-refractivity contribution in [2.45, 2.75) is 13.0 Å². The van der Waals surface area contributed by atoms with E-state index in [1.54, 1.807) is 19.1 Å². The molecule has 0 bridgehead atoms. The van der Waals surface area contributed by atoms with Gasteiger partial charge in [-0.1, -0.05) is 23.4 Å². The van der Waals surface area contributed by atoms with Gasteiger partial charge in [-0.25, -0.2) is 0 Å². The average molecular weight is 323 g/mol. The quantitative estimate of drug-likeness (QED) is 0.617. The van der Waals surface area contributed by atoms with Crippen molar-refractivity contribution in [1.29, 1.82) is 0 Å². The highest BCUT2D eigenvalue weighted by Gasteiger charge is 2.20. The normalized spacial score (nSPS) is 12.4. The van der Waals surface area contributed by atoms with Gasteiger partial charge in [-0.2, -0.15) is 4.98 Å². The first kappa shape index (κ1) is 14.3. The van der Waals surface area contributed by atoms with Crippen LogP contribution in [0.15, 0.2) is 62.1 Å². The zero-order chi connectivity index (χ0) is 16.5. The molecule has 1 aromatic carbocycles. The fourth-order valence-electron chi connectivity index (χ4n) is 2.34. The lowest BCUT2D eigenvalue weighted by Crippen LogP contribution is -2.26. The molecule has 0 aliphatic heterocycles. The van der Waals surface area contributed by atoms with Crippen molar-refractivity contribution in [1.82, 2.24) is 15.5 Å². The van der Waals surface area contributed by atoms with Crippen molar-refractivity contribution in [2.24, 2.45) is 0 Å². The number of benzene rings is 1. The van der Waals surface area contributed by atoms with Gasteiger partial charge in [-0.15, -0.1) is 0 Å². The Morgan fingerprint density at radius 3 is 2.88 bits per heavy atom. The van der Waals surface area contributed by atoms with Crippen LogP contribution in [0.2, 0.25) is 0 Å². The lowest BCUT2D eigenvalue weighted by molar-refractivity contribution is 0.0904. The van der Waals surface area contributed by atoms with Crippen LogP contribution in [-0.2, 0) is 0 Å². The Morgan fingerprint density at radius 1 is 1.21 bits per heavy atom. The lowest BCUT2D eigenvalue weighted by atomic mass is 10.2. The number of carbonyl (C=O) groups is 1. The first-order chi connectivity index (χ1) is 11.7. The predicted molar refractivity (Wildman–Crippen MR) is 84.1 cm³/mol. The second-order valence-electron chi connectivity index (χ2n) is 5.28. The third-order valence-corrected chi connectivity index (χ3v) is 3.55. The summed E-state index contributed by atoms with van der Waals surface area (Å²) in [7, 11) is 0. The number of hydrogen-bond acceptors (Lipinski definition) is 6. The second kappa shape index (κ2) is 5.69. The predicted octanol–water partition coefficient (Wildman–Crippen LogP) is 3.57. The van der Waals surface area contributed by atoms with E-state index in [4.69, 9.17) is 13.4 Å². The van der Waals surface area contributed by atoms with Gasteiger partial charge in [0.05, 0.1) is 6.26 Å². The average Bonchev–Trinajstić information content (AvgIpc) is 3.32. The number of para-hydroxylation sites is 1. The van der Waals surface area contributed by atoms with E-state index in [0.717, 1.165) is 11.0 Å². The van der Waals surface area contributed by atoms with Crippen LogP contribution in [0.5, 0.6) is 0 Å². The number of amides is 1. The van der Waals surface area contributed by atoms with Gasteiger partial charge in [0.1, 0.15) is 11.6 Å². The Kier molecular flexibility index (Phi) is 3.38. The van der Waals surface area contributed by atoms with Gasteiger partial charge in [-0.05, 0) is 31.2 Å². The van der Waals surface area contributed by atoms with E-state index < -0.39 is 6.04 Å². The number of carbonyl (C=O) groups excluding carboxylic acids is 1. The second-order valence-corrected chi connectivity index (χ2v) is 5.28. The number of aromatic nitrogens is 2. The van der Waals surface area contributed by atoms with E-state index in [0.29, 0.717) is 11.6 Å². The SMILES string of the molecule is CC(NC(=O)c1ccco1)c1nc(-c2cc3ccccc3o2)no1. The summed E-state index contributed by atoms with van der Waals surface area (Å²) in [6.45, 7) is 1.75. The molecular weight excluding hydrogens is 310 g/mol. The number of rotatable bonds is 4. The number of furan rings is 2. The molecule has 4 aromatic rings. The minimum absolute atomic E-state index is 0.221. The van der Waals surface area contributed by atoms with E-state index in [1.165, 1.54) is 6.26 Å². The summed E-state index contributed by atoms with van der Waals surface area (Å²) in [6, 6.07) is 12.2. The van der Waals surface area contributed by atoms with E-state index in [9.17, 15) is 4.79 Å². The number of fused-ring (bicyclic) bond motifs is 1. The van der Waals surface area contributed by atoms with E-state index in [-0.39, 0.29) is 17.6 Å². The van der Waals surface area contributed by atoms with Crippen LogP contribution in [0.3, 0.4) is 0 Å². The standard InChI is InChI=1S/C17H13N3O4/c1-10(18-16(21)13-7-4-8-22-13)17-19-15(20-24-17)14-9-11-5-2-3-6-12(11)23-14/h2-10H,1H3,(H,18,21). The molecule has 0 radical (unpaired) electrons. The number of nitrogens with zero attached hydrogens (tertiary/aromatic N) is 2. The molecule has 1 N–H and O–H groups in total. The summed E-state index contributed by atoms with van der Waals surface area (Å²) in [5.41, 5.74) is 0.748. The molecule has 1 unspecified atom stereocenters. The maximum absolute atomic E-state index is 12.0.